The summed E-state index contributed by atoms with van der Waals surface area (Å²) in [5.74, 6) is 0.711. The first kappa shape index (κ1) is 15.5. The Morgan fingerprint density at radius 2 is 2.05 bits per heavy atom. The van der Waals surface area contributed by atoms with E-state index in [1.165, 1.54) is 5.56 Å². The highest BCUT2D eigenvalue weighted by Crippen LogP contribution is 2.22. The molecular formula is C15H24N2O2. The minimum absolute atomic E-state index is 0.0866. The number of nitrogens with two attached hydrogens (primary N) is 1. The summed E-state index contributed by atoms with van der Waals surface area (Å²) in [6.07, 6.45) is 0.955. The van der Waals surface area contributed by atoms with Crippen LogP contribution < -0.4 is 10.5 Å². The molecule has 1 rings (SSSR count). The van der Waals surface area contributed by atoms with Crippen molar-refractivity contribution in [3.63, 3.8) is 0 Å². The molecule has 0 saturated heterocycles. The third-order valence-corrected chi connectivity index (χ3v) is 3.06. The number of rotatable bonds is 5. The molecule has 0 aromatic heterocycles. The van der Waals surface area contributed by atoms with Gasteiger partial charge in [0.2, 0.25) is 5.91 Å². The Morgan fingerprint density at radius 3 is 2.53 bits per heavy atom. The van der Waals surface area contributed by atoms with Crippen molar-refractivity contribution in [3.8, 4) is 5.75 Å². The van der Waals surface area contributed by atoms with Crippen LogP contribution in [-0.2, 0) is 17.8 Å². The summed E-state index contributed by atoms with van der Waals surface area (Å²) in [4.78, 5) is 13.7. The summed E-state index contributed by atoms with van der Waals surface area (Å²) in [6.45, 7) is 6.02. The molecule has 1 aromatic rings. The average Bonchev–Trinajstić information content (AvgIpc) is 2.36. The lowest BCUT2D eigenvalue weighted by atomic mass is 10.0. The molecule has 19 heavy (non-hydrogen) atoms. The fourth-order valence-corrected chi connectivity index (χ4v) is 1.99. The number of benzene rings is 1. The molecule has 0 saturated carbocycles. The van der Waals surface area contributed by atoms with Crippen LogP contribution in [0, 0.1) is 0 Å². The second kappa shape index (κ2) is 6.06. The first-order valence-corrected chi connectivity index (χ1v) is 6.49. The molecule has 0 aliphatic rings. The lowest BCUT2D eigenvalue weighted by Crippen LogP contribution is -2.49. The molecule has 0 unspecified atom stereocenters. The van der Waals surface area contributed by atoms with Crippen LogP contribution in [0.5, 0.6) is 5.75 Å². The minimum atomic E-state index is -0.857. The summed E-state index contributed by atoms with van der Waals surface area (Å²) < 4.78 is 5.34. The van der Waals surface area contributed by atoms with Gasteiger partial charge in [-0.1, -0.05) is 19.1 Å². The Balaban J connectivity index is 2.95. The van der Waals surface area contributed by atoms with Crippen molar-refractivity contribution in [1.82, 2.24) is 4.90 Å². The number of likely N-dealkylation sites (N-methyl/N-ethyl adjacent to an activating group) is 1. The van der Waals surface area contributed by atoms with E-state index in [1.54, 1.807) is 32.9 Å². The van der Waals surface area contributed by atoms with Gasteiger partial charge < -0.3 is 15.4 Å². The zero-order valence-electron chi connectivity index (χ0n) is 12.5. The molecule has 0 aliphatic carbocycles. The third-order valence-electron chi connectivity index (χ3n) is 3.06. The van der Waals surface area contributed by atoms with Crippen LogP contribution in [0.25, 0.3) is 0 Å². The number of carbonyl (C=O) groups is 1. The van der Waals surface area contributed by atoms with Gasteiger partial charge in [-0.2, -0.15) is 0 Å². The quantitative estimate of drug-likeness (QED) is 0.884. The molecule has 0 atom stereocenters. The van der Waals surface area contributed by atoms with E-state index in [9.17, 15) is 4.79 Å². The van der Waals surface area contributed by atoms with Gasteiger partial charge in [0.15, 0.2) is 0 Å². The smallest absolute Gasteiger partial charge is 0.242 e. The number of carbonyl (C=O) groups excluding carboxylic acids is 1. The maximum atomic E-state index is 12.1. The molecule has 2 N–H and O–H groups in total. The Bertz CT molecular complexity index is 450. The molecule has 4 nitrogen and oxygen atoms in total. The number of hydrogen-bond acceptors (Lipinski definition) is 3. The van der Waals surface area contributed by atoms with Crippen LogP contribution in [-0.4, -0.2) is 30.5 Å². The molecule has 0 fully saturated rings. The van der Waals surface area contributed by atoms with Crippen LogP contribution in [0.4, 0.5) is 0 Å². The van der Waals surface area contributed by atoms with E-state index in [-0.39, 0.29) is 5.91 Å². The van der Waals surface area contributed by atoms with Crippen LogP contribution in [0.3, 0.4) is 0 Å². The lowest BCUT2D eigenvalue weighted by Gasteiger charge is -2.26. The second-order valence-corrected chi connectivity index (χ2v) is 5.38. The Hall–Kier alpha value is -1.55. The maximum Gasteiger partial charge on any atom is 0.242 e. The first-order chi connectivity index (χ1) is 8.79. The van der Waals surface area contributed by atoms with Crippen molar-refractivity contribution in [2.45, 2.75) is 39.3 Å². The molecule has 0 spiro atoms. The predicted octanol–water partition coefficient (Wildman–Crippen LogP) is 1.95. The van der Waals surface area contributed by atoms with Crippen LogP contribution in [0.2, 0.25) is 0 Å². The number of ether oxygens (including phenoxy) is 1. The van der Waals surface area contributed by atoms with E-state index in [1.807, 2.05) is 12.1 Å². The molecule has 0 radical (unpaired) electrons. The molecule has 1 amide bonds. The van der Waals surface area contributed by atoms with E-state index in [4.69, 9.17) is 10.5 Å². The monoisotopic (exact) mass is 264 g/mol. The fourth-order valence-electron chi connectivity index (χ4n) is 1.99. The normalized spacial score (nSPS) is 11.3. The van der Waals surface area contributed by atoms with Gasteiger partial charge in [0.05, 0.1) is 12.6 Å². The summed E-state index contributed by atoms with van der Waals surface area (Å²) in [5, 5.41) is 0. The Morgan fingerprint density at radius 1 is 1.42 bits per heavy atom. The number of nitrogens with zero attached hydrogens (tertiary/aromatic N) is 1. The summed E-state index contributed by atoms with van der Waals surface area (Å²) in [7, 11) is 3.40. The van der Waals surface area contributed by atoms with Gasteiger partial charge in [-0.3, -0.25) is 4.79 Å². The number of aryl methyl sites for hydroxylation is 1. The molecule has 0 heterocycles. The number of methoxy groups -OCH3 is 1. The van der Waals surface area contributed by atoms with Crippen molar-refractivity contribution in [2.24, 2.45) is 5.73 Å². The van der Waals surface area contributed by atoms with Crippen molar-refractivity contribution in [3.05, 3.63) is 29.3 Å². The van der Waals surface area contributed by atoms with Crippen molar-refractivity contribution in [2.75, 3.05) is 14.2 Å². The number of hydrogen-bond donors (Lipinski definition) is 1. The van der Waals surface area contributed by atoms with Gasteiger partial charge in [-0.05, 0) is 31.9 Å². The van der Waals surface area contributed by atoms with Crippen molar-refractivity contribution < 1.29 is 9.53 Å². The zero-order chi connectivity index (χ0) is 14.6. The topological polar surface area (TPSA) is 55.6 Å². The average molecular weight is 264 g/mol. The van der Waals surface area contributed by atoms with E-state index >= 15 is 0 Å². The molecule has 0 aliphatic heterocycles. The highest BCUT2D eigenvalue weighted by Gasteiger charge is 2.26. The molecule has 4 heteroatoms. The SMILES string of the molecule is CCc1ccc(OC)c(CN(C)C(=O)C(C)(C)N)c1. The molecule has 0 bridgehead atoms. The fraction of sp³-hybridized carbons (Fsp3) is 0.533. The van der Waals surface area contributed by atoms with Gasteiger partial charge >= 0.3 is 0 Å². The van der Waals surface area contributed by atoms with E-state index < -0.39 is 5.54 Å². The molecule has 106 valence electrons. The maximum absolute atomic E-state index is 12.1. The minimum Gasteiger partial charge on any atom is -0.496 e. The van der Waals surface area contributed by atoms with Gasteiger partial charge in [-0.25, -0.2) is 0 Å². The second-order valence-electron chi connectivity index (χ2n) is 5.38. The Labute approximate surface area is 115 Å². The summed E-state index contributed by atoms with van der Waals surface area (Å²) >= 11 is 0. The largest absolute Gasteiger partial charge is 0.496 e. The predicted molar refractivity (Wildman–Crippen MR) is 77.1 cm³/mol. The van der Waals surface area contributed by atoms with Crippen LogP contribution >= 0.6 is 0 Å². The van der Waals surface area contributed by atoms with E-state index in [0.29, 0.717) is 6.54 Å². The van der Waals surface area contributed by atoms with Crippen LogP contribution in [0.1, 0.15) is 31.9 Å². The third kappa shape index (κ3) is 3.96. The van der Waals surface area contributed by atoms with Crippen molar-refractivity contribution in [1.29, 1.82) is 0 Å². The van der Waals surface area contributed by atoms with Crippen LogP contribution in [0.15, 0.2) is 18.2 Å². The zero-order valence-corrected chi connectivity index (χ0v) is 12.5. The summed E-state index contributed by atoms with van der Waals surface area (Å²) in [6, 6.07) is 6.06. The highest BCUT2D eigenvalue weighted by molar-refractivity contribution is 5.85. The van der Waals surface area contributed by atoms with Gasteiger partial charge in [0, 0.05) is 19.2 Å². The molecule has 1 aromatic carbocycles. The lowest BCUT2D eigenvalue weighted by molar-refractivity contribution is -0.135. The highest BCUT2D eigenvalue weighted by atomic mass is 16.5. The van der Waals surface area contributed by atoms with Gasteiger partial charge in [0.1, 0.15) is 5.75 Å². The first-order valence-electron chi connectivity index (χ1n) is 6.49. The van der Waals surface area contributed by atoms with Gasteiger partial charge in [0.25, 0.3) is 0 Å². The van der Waals surface area contributed by atoms with Gasteiger partial charge in [-0.15, -0.1) is 0 Å². The number of amides is 1. The van der Waals surface area contributed by atoms with E-state index in [2.05, 4.69) is 13.0 Å². The molecular weight excluding hydrogens is 240 g/mol. The Kier molecular flexibility index (Phi) is 4.95. The van der Waals surface area contributed by atoms with Crippen molar-refractivity contribution >= 4 is 5.91 Å². The van der Waals surface area contributed by atoms with E-state index in [0.717, 1.165) is 17.7 Å². The standard InChI is InChI=1S/C15H24N2O2/c1-6-11-7-8-13(19-5)12(9-11)10-17(4)14(18)15(2,3)16/h7-9H,6,10,16H2,1-5H3. The summed E-state index contributed by atoms with van der Waals surface area (Å²) in [5.41, 5.74) is 7.21.